The predicted molar refractivity (Wildman–Crippen MR) is 109 cm³/mol. The fourth-order valence-corrected chi connectivity index (χ4v) is 3.79. The largest absolute Gasteiger partial charge is 0.486 e. The van der Waals surface area contributed by atoms with Crippen LogP contribution in [0, 0.1) is 12.7 Å². The topological polar surface area (TPSA) is 42.4 Å². The third kappa shape index (κ3) is 5.16. The first-order valence-corrected chi connectivity index (χ1v) is 10.1. The Morgan fingerprint density at radius 3 is 2.54 bits per heavy atom. The van der Waals surface area contributed by atoms with Gasteiger partial charge >= 0.3 is 0 Å². The van der Waals surface area contributed by atoms with Gasteiger partial charge in [-0.25, -0.2) is 9.37 Å². The summed E-state index contributed by atoms with van der Waals surface area (Å²) in [4.78, 5) is 19.9. The Hall–Kier alpha value is -2.73. The highest BCUT2D eigenvalue weighted by Crippen LogP contribution is 2.22. The molecule has 0 aliphatic carbocycles. The SMILES string of the molecule is CCN(CCc1ccccc1)C(=O)c1sc(COc2ccc(F)cc2)nc1C. The van der Waals surface area contributed by atoms with E-state index in [9.17, 15) is 9.18 Å². The summed E-state index contributed by atoms with van der Waals surface area (Å²) < 4.78 is 18.6. The monoisotopic (exact) mass is 398 g/mol. The van der Waals surface area contributed by atoms with Crippen molar-refractivity contribution in [2.24, 2.45) is 0 Å². The molecule has 6 heteroatoms. The Morgan fingerprint density at radius 2 is 1.86 bits per heavy atom. The summed E-state index contributed by atoms with van der Waals surface area (Å²) in [5, 5.41) is 0.726. The normalized spacial score (nSPS) is 10.7. The van der Waals surface area contributed by atoms with E-state index in [1.807, 2.05) is 36.9 Å². The van der Waals surface area contributed by atoms with Crippen molar-refractivity contribution in [1.82, 2.24) is 9.88 Å². The molecule has 3 aromatic rings. The first kappa shape index (κ1) is 20.0. The first-order chi connectivity index (χ1) is 13.6. The molecule has 0 spiro atoms. The summed E-state index contributed by atoms with van der Waals surface area (Å²) in [6.07, 6.45) is 0.818. The van der Waals surface area contributed by atoms with Gasteiger partial charge in [-0.3, -0.25) is 4.79 Å². The average Bonchev–Trinajstić information content (AvgIpc) is 3.09. The molecule has 0 unspecified atom stereocenters. The van der Waals surface area contributed by atoms with Gasteiger partial charge in [0, 0.05) is 13.1 Å². The number of hydrogen-bond acceptors (Lipinski definition) is 4. The van der Waals surface area contributed by atoms with Crippen LogP contribution in [0.2, 0.25) is 0 Å². The zero-order valence-corrected chi connectivity index (χ0v) is 16.8. The smallest absolute Gasteiger partial charge is 0.265 e. The summed E-state index contributed by atoms with van der Waals surface area (Å²) in [5.41, 5.74) is 1.93. The number of likely N-dealkylation sites (N-methyl/N-ethyl adjacent to an activating group) is 1. The van der Waals surface area contributed by atoms with Crippen molar-refractivity contribution in [3.63, 3.8) is 0 Å². The van der Waals surface area contributed by atoms with Gasteiger partial charge in [0.2, 0.25) is 0 Å². The van der Waals surface area contributed by atoms with Crippen LogP contribution in [0.25, 0.3) is 0 Å². The van der Waals surface area contributed by atoms with Crippen LogP contribution in [-0.4, -0.2) is 28.9 Å². The molecule has 1 amide bonds. The number of carbonyl (C=O) groups is 1. The average molecular weight is 399 g/mol. The number of amides is 1. The Labute approximate surface area is 168 Å². The predicted octanol–water partition coefficient (Wildman–Crippen LogP) is 4.87. The highest BCUT2D eigenvalue weighted by Gasteiger charge is 2.20. The van der Waals surface area contributed by atoms with Gasteiger partial charge in [-0.05, 0) is 50.1 Å². The van der Waals surface area contributed by atoms with Crippen LogP contribution in [0.15, 0.2) is 54.6 Å². The molecule has 0 N–H and O–H groups in total. The van der Waals surface area contributed by atoms with Crippen molar-refractivity contribution in [3.8, 4) is 5.75 Å². The minimum Gasteiger partial charge on any atom is -0.486 e. The lowest BCUT2D eigenvalue weighted by atomic mass is 10.1. The lowest BCUT2D eigenvalue weighted by Gasteiger charge is -2.20. The number of aryl methyl sites for hydroxylation is 1. The number of thiazole rings is 1. The van der Waals surface area contributed by atoms with E-state index in [0.717, 1.165) is 11.4 Å². The molecular weight excluding hydrogens is 375 g/mol. The second kappa shape index (κ2) is 9.46. The number of hydrogen-bond donors (Lipinski definition) is 0. The first-order valence-electron chi connectivity index (χ1n) is 9.24. The molecule has 3 rings (SSSR count). The van der Waals surface area contributed by atoms with Crippen molar-refractivity contribution in [1.29, 1.82) is 0 Å². The minimum absolute atomic E-state index is 0.00135. The molecular formula is C22H23FN2O2S. The fraction of sp³-hybridized carbons (Fsp3) is 0.273. The van der Waals surface area contributed by atoms with E-state index in [4.69, 9.17) is 4.74 Å². The maximum absolute atomic E-state index is 13.0. The molecule has 0 fully saturated rings. The highest BCUT2D eigenvalue weighted by molar-refractivity contribution is 7.13. The van der Waals surface area contributed by atoms with Gasteiger partial charge in [-0.15, -0.1) is 11.3 Å². The van der Waals surface area contributed by atoms with Gasteiger partial charge in [0.15, 0.2) is 0 Å². The molecule has 146 valence electrons. The van der Waals surface area contributed by atoms with Gasteiger partial charge in [0.1, 0.15) is 28.1 Å². The van der Waals surface area contributed by atoms with E-state index in [1.165, 1.54) is 29.0 Å². The minimum atomic E-state index is -0.305. The Bertz CT molecular complexity index is 910. The maximum atomic E-state index is 13.0. The molecule has 0 atom stereocenters. The van der Waals surface area contributed by atoms with Gasteiger partial charge in [0.25, 0.3) is 5.91 Å². The number of nitrogens with zero attached hydrogens (tertiary/aromatic N) is 2. The maximum Gasteiger partial charge on any atom is 0.265 e. The van der Waals surface area contributed by atoms with Gasteiger partial charge in [0.05, 0.1) is 5.69 Å². The highest BCUT2D eigenvalue weighted by atomic mass is 32.1. The van der Waals surface area contributed by atoms with E-state index in [0.29, 0.717) is 29.4 Å². The standard InChI is InChI=1S/C22H23FN2O2S/c1-3-25(14-13-17-7-5-4-6-8-17)22(26)21-16(2)24-20(28-21)15-27-19-11-9-18(23)10-12-19/h4-12H,3,13-15H2,1-2H3. The number of ether oxygens (including phenoxy) is 1. The summed E-state index contributed by atoms with van der Waals surface area (Å²) >= 11 is 1.35. The van der Waals surface area contributed by atoms with Crippen LogP contribution in [0.3, 0.4) is 0 Å². The second-order valence-electron chi connectivity index (χ2n) is 6.39. The summed E-state index contributed by atoms with van der Waals surface area (Å²) in [6, 6.07) is 16.0. The lowest BCUT2D eigenvalue weighted by molar-refractivity contribution is 0.0770. The zero-order chi connectivity index (χ0) is 19.9. The second-order valence-corrected chi connectivity index (χ2v) is 7.47. The third-order valence-corrected chi connectivity index (χ3v) is 5.51. The van der Waals surface area contributed by atoms with E-state index >= 15 is 0 Å². The summed E-state index contributed by atoms with van der Waals surface area (Å²) in [7, 11) is 0. The summed E-state index contributed by atoms with van der Waals surface area (Å²) in [5.74, 6) is 0.266. The Kier molecular flexibility index (Phi) is 6.76. The van der Waals surface area contributed by atoms with Crippen LogP contribution in [-0.2, 0) is 13.0 Å². The number of benzene rings is 2. The zero-order valence-electron chi connectivity index (χ0n) is 16.0. The number of rotatable bonds is 8. The van der Waals surface area contributed by atoms with Crippen LogP contribution in [0.4, 0.5) is 4.39 Å². The number of carbonyl (C=O) groups excluding carboxylic acids is 1. The molecule has 0 aliphatic rings. The molecule has 0 saturated heterocycles. The van der Waals surface area contributed by atoms with Gasteiger partial charge < -0.3 is 9.64 Å². The fourth-order valence-electron chi connectivity index (χ4n) is 2.84. The van der Waals surface area contributed by atoms with Crippen LogP contribution >= 0.6 is 11.3 Å². The van der Waals surface area contributed by atoms with Crippen molar-refractivity contribution in [2.75, 3.05) is 13.1 Å². The van der Waals surface area contributed by atoms with E-state index < -0.39 is 0 Å². The van der Waals surface area contributed by atoms with Crippen molar-refractivity contribution >= 4 is 17.2 Å². The van der Waals surface area contributed by atoms with Crippen molar-refractivity contribution in [3.05, 3.63) is 81.6 Å². The van der Waals surface area contributed by atoms with Gasteiger partial charge in [-0.1, -0.05) is 30.3 Å². The molecule has 1 heterocycles. The molecule has 0 bridgehead atoms. The summed E-state index contributed by atoms with van der Waals surface area (Å²) in [6.45, 7) is 5.39. The van der Waals surface area contributed by atoms with E-state index in [2.05, 4.69) is 17.1 Å². The van der Waals surface area contributed by atoms with Crippen LogP contribution < -0.4 is 4.74 Å². The lowest BCUT2D eigenvalue weighted by Crippen LogP contribution is -2.32. The molecule has 0 saturated carbocycles. The van der Waals surface area contributed by atoms with E-state index in [-0.39, 0.29) is 18.3 Å². The number of aromatic nitrogens is 1. The Balaban J connectivity index is 1.63. The quantitative estimate of drug-likeness (QED) is 0.543. The molecule has 28 heavy (non-hydrogen) atoms. The Morgan fingerprint density at radius 1 is 1.14 bits per heavy atom. The molecule has 1 aromatic heterocycles. The van der Waals surface area contributed by atoms with Crippen LogP contribution in [0.1, 0.15) is 32.9 Å². The molecule has 2 aromatic carbocycles. The van der Waals surface area contributed by atoms with Gasteiger partial charge in [-0.2, -0.15) is 0 Å². The third-order valence-electron chi connectivity index (χ3n) is 4.39. The molecule has 0 radical (unpaired) electrons. The van der Waals surface area contributed by atoms with Crippen LogP contribution in [0.5, 0.6) is 5.75 Å². The molecule has 4 nitrogen and oxygen atoms in total. The van der Waals surface area contributed by atoms with E-state index in [1.54, 1.807) is 12.1 Å². The van der Waals surface area contributed by atoms with Crippen molar-refractivity contribution in [2.45, 2.75) is 26.9 Å². The molecule has 0 aliphatic heterocycles. The van der Waals surface area contributed by atoms with Crippen molar-refractivity contribution < 1.29 is 13.9 Å². The number of halogens is 1.